The summed E-state index contributed by atoms with van der Waals surface area (Å²) < 4.78 is 50.1. The van der Waals surface area contributed by atoms with E-state index in [2.05, 4.69) is 27.1 Å². The van der Waals surface area contributed by atoms with Gasteiger partial charge in [-0.05, 0) is 55.4 Å². The number of likely N-dealkylation sites (tertiary alicyclic amines) is 1. The highest BCUT2D eigenvalue weighted by atomic mass is 19.4. The number of hydrogen-bond donors (Lipinski definition) is 1. The Labute approximate surface area is 236 Å². The number of hydrogen-bond acceptors (Lipinski definition) is 6. The fourth-order valence-corrected chi connectivity index (χ4v) is 5.02. The van der Waals surface area contributed by atoms with Crippen LogP contribution in [0.15, 0.2) is 67.0 Å². The van der Waals surface area contributed by atoms with Crippen LogP contribution in [0.4, 0.5) is 18.9 Å². The Morgan fingerprint density at radius 3 is 2.46 bits per heavy atom. The normalized spacial score (nSPS) is 15.7. The van der Waals surface area contributed by atoms with Crippen LogP contribution in [0.2, 0.25) is 0 Å². The first-order chi connectivity index (χ1) is 19.7. The minimum Gasteiger partial charge on any atom is -0.493 e. The summed E-state index contributed by atoms with van der Waals surface area (Å²) in [7, 11) is 1.61. The van der Waals surface area contributed by atoms with E-state index in [0.29, 0.717) is 41.0 Å². The summed E-state index contributed by atoms with van der Waals surface area (Å²) in [5.41, 5.74) is 2.55. The van der Waals surface area contributed by atoms with Crippen molar-refractivity contribution in [3.05, 3.63) is 78.1 Å². The van der Waals surface area contributed by atoms with Gasteiger partial charge in [0, 0.05) is 35.2 Å². The van der Waals surface area contributed by atoms with Gasteiger partial charge in [0.25, 0.3) is 0 Å². The van der Waals surface area contributed by atoms with Crippen LogP contribution in [0.1, 0.15) is 24.5 Å². The van der Waals surface area contributed by atoms with E-state index in [9.17, 15) is 18.0 Å². The van der Waals surface area contributed by atoms with Crippen LogP contribution in [-0.4, -0.2) is 54.1 Å². The molecule has 214 valence electrons. The van der Waals surface area contributed by atoms with Crippen molar-refractivity contribution in [2.24, 2.45) is 5.92 Å². The van der Waals surface area contributed by atoms with Crippen molar-refractivity contribution in [3.63, 3.8) is 0 Å². The molecule has 0 saturated carbocycles. The molecule has 1 amide bonds. The lowest BCUT2D eigenvalue weighted by molar-refractivity contribution is -0.137. The summed E-state index contributed by atoms with van der Waals surface area (Å²) in [6.45, 7) is 5.96. The van der Waals surface area contributed by atoms with Crippen molar-refractivity contribution in [3.8, 4) is 22.8 Å². The zero-order valence-corrected chi connectivity index (χ0v) is 22.9. The molecular weight excluding hydrogens is 533 g/mol. The second-order valence-corrected chi connectivity index (χ2v) is 10.1. The summed E-state index contributed by atoms with van der Waals surface area (Å²) in [6, 6.07) is 15.5. The Bertz CT molecular complexity index is 1510. The van der Waals surface area contributed by atoms with Crippen LogP contribution >= 0.6 is 0 Å². The SMILES string of the molecule is CCN1CCC(COc2cc3ncnc(-c4ccc(NC(=O)Cc5ccc(C(F)(F)F)cc5)cc4)c3cc2OC)C1. The molecule has 0 aliphatic carbocycles. The Morgan fingerprint density at radius 2 is 1.80 bits per heavy atom. The molecule has 1 saturated heterocycles. The molecule has 0 spiro atoms. The highest BCUT2D eigenvalue weighted by Gasteiger charge is 2.30. The standard InChI is InChI=1S/C31H31F3N4O3/c1-3-38-13-12-21(17-38)18-41-28-16-26-25(15-27(28)40-2)30(36-19-35-26)22-6-10-24(11-7-22)37-29(39)14-20-4-8-23(9-5-20)31(32,33)34/h4-11,15-16,19,21H,3,12-14,17-18H2,1-2H3,(H,37,39). The van der Waals surface area contributed by atoms with Gasteiger partial charge >= 0.3 is 6.18 Å². The van der Waals surface area contributed by atoms with Crippen LogP contribution in [0.3, 0.4) is 0 Å². The largest absolute Gasteiger partial charge is 0.493 e. The van der Waals surface area contributed by atoms with Crippen LogP contribution in [0.5, 0.6) is 11.5 Å². The van der Waals surface area contributed by atoms with Crippen molar-refractivity contribution in [1.82, 2.24) is 14.9 Å². The van der Waals surface area contributed by atoms with Gasteiger partial charge in [-0.25, -0.2) is 9.97 Å². The number of ether oxygens (including phenoxy) is 2. The Morgan fingerprint density at radius 1 is 1.05 bits per heavy atom. The van der Waals surface area contributed by atoms with Gasteiger partial charge < -0.3 is 19.7 Å². The number of amides is 1. The molecule has 1 aliphatic rings. The van der Waals surface area contributed by atoms with Crippen LogP contribution < -0.4 is 14.8 Å². The lowest BCUT2D eigenvalue weighted by atomic mass is 10.1. The fraction of sp³-hybridized carbons (Fsp3) is 0.323. The number of methoxy groups -OCH3 is 1. The predicted octanol–water partition coefficient (Wildman–Crippen LogP) is 6.23. The Kier molecular flexibility index (Phi) is 8.39. The van der Waals surface area contributed by atoms with Gasteiger partial charge in [0.1, 0.15) is 6.33 Å². The molecule has 3 aromatic carbocycles. The number of carbonyl (C=O) groups excluding carboxylic acids is 1. The highest BCUT2D eigenvalue weighted by molar-refractivity contribution is 5.95. The number of aromatic nitrogens is 2. The molecule has 7 nitrogen and oxygen atoms in total. The van der Waals surface area contributed by atoms with Crippen LogP contribution in [-0.2, 0) is 17.4 Å². The van der Waals surface area contributed by atoms with E-state index in [0.717, 1.165) is 54.7 Å². The first kappa shape index (κ1) is 28.4. The second-order valence-electron chi connectivity index (χ2n) is 10.1. The zero-order valence-electron chi connectivity index (χ0n) is 22.9. The number of carbonyl (C=O) groups is 1. The van der Waals surface area contributed by atoms with Crippen molar-refractivity contribution in [1.29, 1.82) is 0 Å². The number of anilines is 1. The quantitative estimate of drug-likeness (QED) is 0.260. The summed E-state index contributed by atoms with van der Waals surface area (Å²) in [5, 5.41) is 3.59. The van der Waals surface area contributed by atoms with E-state index in [1.807, 2.05) is 24.3 Å². The zero-order chi connectivity index (χ0) is 29.0. The molecule has 10 heteroatoms. The number of nitrogens with one attached hydrogen (secondary N) is 1. The molecule has 2 heterocycles. The first-order valence-electron chi connectivity index (χ1n) is 13.5. The lowest BCUT2D eigenvalue weighted by Gasteiger charge is -2.16. The van der Waals surface area contributed by atoms with Gasteiger partial charge in [-0.2, -0.15) is 13.2 Å². The third-order valence-electron chi connectivity index (χ3n) is 7.30. The lowest BCUT2D eigenvalue weighted by Crippen LogP contribution is -2.21. The fourth-order valence-electron chi connectivity index (χ4n) is 5.02. The number of rotatable bonds is 9. The summed E-state index contributed by atoms with van der Waals surface area (Å²) in [6.07, 6.45) is -1.84. The molecule has 1 fully saturated rings. The van der Waals surface area contributed by atoms with Crippen molar-refractivity contribution in [2.75, 3.05) is 38.7 Å². The molecule has 5 rings (SSSR count). The minimum absolute atomic E-state index is 0.0434. The van der Waals surface area contributed by atoms with E-state index in [1.54, 1.807) is 19.2 Å². The van der Waals surface area contributed by atoms with Crippen LogP contribution in [0, 0.1) is 5.92 Å². The van der Waals surface area contributed by atoms with Gasteiger partial charge in [-0.3, -0.25) is 4.79 Å². The summed E-state index contributed by atoms with van der Waals surface area (Å²) in [4.78, 5) is 23.8. The van der Waals surface area contributed by atoms with Gasteiger partial charge in [0.05, 0.1) is 36.9 Å². The van der Waals surface area contributed by atoms with Gasteiger partial charge in [-0.15, -0.1) is 0 Å². The third kappa shape index (κ3) is 6.77. The Balaban J connectivity index is 1.27. The topological polar surface area (TPSA) is 76.6 Å². The van der Waals surface area contributed by atoms with Gasteiger partial charge in [0.2, 0.25) is 5.91 Å². The monoisotopic (exact) mass is 564 g/mol. The number of halogens is 3. The van der Waals surface area contributed by atoms with Crippen molar-refractivity contribution < 1.29 is 27.4 Å². The number of fused-ring (bicyclic) bond motifs is 1. The molecule has 0 bridgehead atoms. The third-order valence-corrected chi connectivity index (χ3v) is 7.30. The Hall–Kier alpha value is -4.18. The molecular formula is C31H31F3N4O3. The molecule has 1 aliphatic heterocycles. The highest BCUT2D eigenvalue weighted by Crippen LogP contribution is 2.36. The maximum Gasteiger partial charge on any atom is 0.416 e. The number of nitrogens with zero attached hydrogens (tertiary/aromatic N) is 3. The maximum atomic E-state index is 12.8. The molecule has 1 atom stereocenters. The van der Waals surface area contributed by atoms with Crippen LogP contribution in [0.25, 0.3) is 22.2 Å². The molecule has 1 aromatic heterocycles. The average molecular weight is 565 g/mol. The smallest absolute Gasteiger partial charge is 0.416 e. The van der Waals surface area contributed by atoms with Crippen molar-refractivity contribution in [2.45, 2.75) is 25.9 Å². The molecule has 0 radical (unpaired) electrons. The number of benzene rings is 3. The molecule has 1 N–H and O–H groups in total. The first-order valence-corrected chi connectivity index (χ1v) is 13.5. The summed E-state index contributed by atoms with van der Waals surface area (Å²) >= 11 is 0. The van der Waals surface area contributed by atoms with E-state index >= 15 is 0 Å². The molecule has 41 heavy (non-hydrogen) atoms. The maximum absolute atomic E-state index is 12.8. The van der Waals surface area contributed by atoms with Gasteiger partial charge in [-0.1, -0.05) is 31.2 Å². The number of alkyl halides is 3. The molecule has 4 aromatic rings. The van der Waals surface area contributed by atoms with E-state index in [-0.39, 0.29) is 12.3 Å². The average Bonchev–Trinajstić information content (AvgIpc) is 3.43. The second kappa shape index (κ2) is 12.1. The summed E-state index contributed by atoms with van der Waals surface area (Å²) in [5.74, 6) is 1.39. The molecule has 1 unspecified atom stereocenters. The minimum atomic E-state index is -4.41. The van der Waals surface area contributed by atoms with E-state index in [4.69, 9.17) is 9.47 Å². The van der Waals surface area contributed by atoms with Crippen molar-refractivity contribution >= 4 is 22.5 Å². The van der Waals surface area contributed by atoms with Gasteiger partial charge in [0.15, 0.2) is 11.5 Å². The predicted molar refractivity (Wildman–Crippen MR) is 151 cm³/mol. The van der Waals surface area contributed by atoms with E-state index < -0.39 is 11.7 Å². The van der Waals surface area contributed by atoms with E-state index in [1.165, 1.54) is 18.5 Å².